The molecular formula is C15H14F3N. The molecule has 0 aliphatic rings. The Morgan fingerprint density at radius 2 is 1.53 bits per heavy atom. The average molecular weight is 265 g/mol. The van der Waals surface area contributed by atoms with Crippen LogP contribution in [0.4, 0.5) is 13.2 Å². The van der Waals surface area contributed by atoms with Gasteiger partial charge in [-0.05, 0) is 48.9 Å². The molecule has 4 heteroatoms. The van der Waals surface area contributed by atoms with Crippen molar-refractivity contribution in [2.45, 2.75) is 13.0 Å². The molecule has 0 aliphatic carbocycles. The van der Waals surface area contributed by atoms with Crippen LogP contribution >= 0.6 is 0 Å². The van der Waals surface area contributed by atoms with E-state index in [9.17, 15) is 13.2 Å². The van der Waals surface area contributed by atoms with Gasteiger partial charge in [-0.25, -0.2) is 13.2 Å². The number of aryl methyl sites for hydroxylation is 1. The SMILES string of the molecule is CNC(c1cc(F)cc(F)c1)c1ccc(F)c(C)c1. The van der Waals surface area contributed by atoms with Crippen LogP contribution < -0.4 is 5.32 Å². The largest absolute Gasteiger partial charge is 0.309 e. The summed E-state index contributed by atoms with van der Waals surface area (Å²) in [6.45, 7) is 1.65. The van der Waals surface area contributed by atoms with E-state index in [4.69, 9.17) is 0 Å². The third kappa shape index (κ3) is 2.96. The first-order valence-corrected chi connectivity index (χ1v) is 5.90. The van der Waals surface area contributed by atoms with E-state index in [2.05, 4.69) is 5.32 Å². The van der Waals surface area contributed by atoms with Crippen LogP contribution in [0.2, 0.25) is 0 Å². The van der Waals surface area contributed by atoms with Gasteiger partial charge >= 0.3 is 0 Å². The third-order valence-corrected chi connectivity index (χ3v) is 3.02. The van der Waals surface area contributed by atoms with Crippen molar-refractivity contribution in [2.75, 3.05) is 7.05 Å². The van der Waals surface area contributed by atoms with Gasteiger partial charge in [-0.1, -0.05) is 12.1 Å². The summed E-state index contributed by atoms with van der Waals surface area (Å²) in [4.78, 5) is 0. The van der Waals surface area contributed by atoms with Crippen LogP contribution in [-0.2, 0) is 0 Å². The van der Waals surface area contributed by atoms with Gasteiger partial charge in [0, 0.05) is 6.07 Å². The number of nitrogens with one attached hydrogen (secondary N) is 1. The highest BCUT2D eigenvalue weighted by Crippen LogP contribution is 2.24. The van der Waals surface area contributed by atoms with E-state index in [1.165, 1.54) is 18.2 Å². The van der Waals surface area contributed by atoms with Crippen LogP contribution in [0.3, 0.4) is 0 Å². The Hall–Kier alpha value is -1.81. The first-order valence-electron chi connectivity index (χ1n) is 5.90. The lowest BCUT2D eigenvalue weighted by molar-refractivity contribution is 0.571. The van der Waals surface area contributed by atoms with E-state index in [0.29, 0.717) is 11.1 Å². The predicted molar refractivity (Wildman–Crippen MR) is 68.4 cm³/mol. The molecule has 1 atom stereocenters. The van der Waals surface area contributed by atoms with Gasteiger partial charge in [-0.2, -0.15) is 0 Å². The van der Waals surface area contributed by atoms with Crippen molar-refractivity contribution >= 4 is 0 Å². The Bertz CT molecular complexity index is 576. The quantitative estimate of drug-likeness (QED) is 0.891. The Morgan fingerprint density at radius 3 is 2.05 bits per heavy atom. The maximum atomic E-state index is 13.3. The lowest BCUT2D eigenvalue weighted by Crippen LogP contribution is -2.18. The van der Waals surface area contributed by atoms with Crippen LogP contribution in [0.25, 0.3) is 0 Å². The highest BCUT2D eigenvalue weighted by molar-refractivity contribution is 5.35. The molecule has 2 aromatic rings. The third-order valence-electron chi connectivity index (χ3n) is 3.02. The molecule has 0 fully saturated rings. The molecule has 0 radical (unpaired) electrons. The molecule has 0 aliphatic heterocycles. The second-order valence-electron chi connectivity index (χ2n) is 4.43. The van der Waals surface area contributed by atoms with Crippen molar-refractivity contribution < 1.29 is 13.2 Å². The van der Waals surface area contributed by atoms with Crippen molar-refractivity contribution in [2.24, 2.45) is 0 Å². The Kier molecular flexibility index (Phi) is 3.90. The molecule has 2 rings (SSSR count). The second kappa shape index (κ2) is 5.45. The predicted octanol–water partition coefficient (Wildman–Crippen LogP) is 3.72. The van der Waals surface area contributed by atoms with Gasteiger partial charge in [-0.3, -0.25) is 0 Å². The summed E-state index contributed by atoms with van der Waals surface area (Å²) in [6, 6.07) is 7.60. The first-order chi connectivity index (χ1) is 9.01. The van der Waals surface area contributed by atoms with Gasteiger partial charge < -0.3 is 5.32 Å². The maximum absolute atomic E-state index is 13.3. The Labute approximate surface area is 110 Å². The van der Waals surface area contributed by atoms with Gasteiger partial charge in [0.1, 0.15) is 17.5 Å². The summed E-state index contributed by atoms with van der Waals surface area (Å²) in [5.74, 6) is -1.56. The number of rotatable bonds is 3. The Balaban J connectivity index is 2.46. The topological polar surface area (TPSA) is 12.0 Å². The fourth-order valence-corrected chi connectivity index (χ4v) is 2.12. The molecular weight excluding hydrogens is 251 g/mol. The summed E-state index contributed by atoms with van der Waals surface area (Å²) >= 11 is 0. The summed E-state index contributed by atoms with van der Waals surface area (Å²) < 4.78 is 39.8. The highest BCUT2D eigenvalue weighted by atomic mass is 19.1. The molecule has 0 spiro atoms. The molecule has 0 saturated heterocycles. The fraction of sp³-hybridized carbons (Fsp3) is 0.200. The van der Waals surface area contributed by atoms with Crippen LogP contribution in [0.5, 0.6) is 0 Å². The molecule has 0 bridgehead atoms. The smallest absolute Gasteiger partial charge is 0.126 e. The first kappa shape index (κ1) is 13.6. The number of hydrogen-bond donors (Lipinski definition) is 1. The van der Waals surface area contributed by atoms with Crippen LogP contribution in [-0.4, -0.2) is 7.05 Å². The van der Waals surface area contributed by atoms with Crippen LogP contribution in [0.15, 0.2) is 36.4 Å². The lowest BCUT2D eigenvalue weighted by Gasteiger charge is -2.18. The maximum Gasteiger partial charge on any atom is 0.126 e. The standard InChI is InChI=1S/C15H14F3N/c1-9-5-10(3-4-14(9)18)15(19-2)11-6-12(16)8-13(17)7-11/h3-8,15,19H,1-2H3. The summed E-state index contributed by atoms with van der Waals surface area (Å²) in [5, 5.41) is 2.98. The van der Waals surface area contributed by atoms with Gasteiger partial charge in [0.25, 0.3) is 0 Å². The van der Waals surface area contributed by atoms with Crippen molar-refractivity contribution in [3.8, 4) is 0 Å². The molecule has 0 saturated carbocycles. The minimum atomic E-state index is -0.630. The van der Waals surface area contributed by atoms with E-state index in [-0.39, 0.29) is 11.9 Å². The van der Waals surface area contributed by atoms with Crippen molar-refractivity contribution in [3.63, 3.8) is 0 Å². The van der Waals surface area contributed by atoms with E-state index in [1.807, 2.05) is 0 Å². The summed E-state index contributed by atoms with van der Waals surface area (Å²) in [7, 11) is 1.69. The molecule has 0 aromatic heterocycles. The van der Waals surface area contributed by atoms with Crippen molar-refractivity contribution in [1.82, 2.24) is 5.32 Å². The lowest BCUT2D eigenvalue weighted by atomic mass is 9.97. The van der Waals surface area contributed by atoms with Crippen molar-refractivity contribution in [1.29, 1.82) is 0 Å². The average Bonchev–Trinajstić information content (AvgIpc) is 2.33. The zero-order valence-corrected chi connectivity index (χ0v) is 10.7. The van der Waals surface area contributed by atoms with E-state index < -0.39 is 11.6 Å². The minimum absolute atomic E-state index is 0.302. The second-order valence-corrected chi connectivity index (χ2v) is 4.43. The molecule has 19 heavy (non-hydrogen) atoms. The van der Waals surface area contributed by atoms with Crippen LogP contribution in [0, 0.1) is 24.4 Å². The van der Waals surface area contributed by atoms with E-state index in [0.717, 1.165) is 11.6 Å². The van der Waals surface area contributed by atoms with Gasteiger partial charge in [-0.15, -0.1) is 0 Å². The Morgan fingerprint density at radius 1 is 0.895 bits per heavy atom. The zero-order valence-electron chi connectivity index (χ0n) is 10.7. The number of hydrogen-bond acceptors (Lipinski definition) is 1. The molecule has 1 N–H and O–H groups in total. The normalized spacial score (nSPS) is 12.5. The summed E-state index contributed by atoms with van der Waals surface area (Å²) in [6.07, 6.45) is 0. The van der Waals surface area contributed by atoms with Gasteiger partial charge in [0.15, 0.2) is 0 Å². The highest BCUT2D eigenvalue weighted by Gasteiger charge is 2.15. The molecule has 0 heterocycles. The van der Waals surface area contributed by atoms with E-state index >= 15 is 0 Å². The zero-order chi connectivity index (χ0) is 14.0. The monoisotopic (exact) mass is 265 g/mol. The molecule has 1 unspecified atom stereocenters. The van der Waals surface area contributed by atoms with E-state index in [1.54, 1.807) is 26.1 Å². The van der Waals surface area contributed by atoms with Gasteiger partial charge in [0.05, 0.1) is 6.04 Å². The summed E-state index contributed by atoms with van der Waals surface area (Å²) in [5.41, 5.74) is 1.71. The molecule has 2 aromatic carbocycles. The number of halogens is 3. The minimum Gasteiger partial charge on any atom is -0.309 e. The molecule has 1 nitrogen and oxygen atoms in total. The number of benzene rings is 2. The molecule has 0 amide bonds. The fourth-order valence-electron chi connectivity index (χ4n) is 2.12. The van der Waals surface area contributed by atoms with Crippen LogP contribution in [0.1, 0.15) is 22.7 Å². The molecule has 100 valence electrons. The van der Waals surface area contributed by atoms with Gasteiger partial charge in [0.2, 0.25) is 0 Å². The van der Waals surface area contributed by atoms with Crippen molar-refractivity contribution in [3.05, 3.63) is 70.5 Å².